The van der Waals surface area contributed by atoms with E-state index in [-0.39, 0.29) is 10.8 Å². The van der Waals surface area contributed by atoms with Crippen LogP contribution < -0.4 is 10.5 Å². The molecule has 2 aromatic carbocycles. The van der Waals surface area contributed by atoms with Crippen molar-refractivity contribution in [2.75, 3.05) is 12.0 Å². The molecule has 0 aliphatic heterocycles. The van der Waals surface area contributed by atoms with Gasteiger partial charge in [-0.15, -0.1) is 0 Å². The van der Waals surface area contributed by atoms with Crippen LogP contribution in [0.5, 0.6) is 11.5 Å². The lowest BCUT2D eigenvalue weighted by atomic mass is 10.1. The van der Waals surface area contributed by atoms with Gasteiger partial charge in [0.2, 0.25) is 0 Å². The topological polar surface area (TPSA) is 107 Å². The molecule has 0 aliphatic carbocycles. The number of carboxylic acid groups (broad SMARTS) is 1. The number of alkyl halides is 3. The average Bonchev–Trinajstić information content (AvgIpc) is 2.46. The van der Waals surface area contributed by atoms with E-state index in [1.54, 1.807) is 0 Å². The van der Waals surface area contributed by atoms with Crippen LogP contribution in [0.15, 0.2) is 35.2 Å². The molecular formula is C15H11ClF3NO5S. The first-order valence-electron chi connectivity index (χ1n) is 6.72. The Morgan fingerprint density at radius 1 is 1.23 bits per heavy atom. The first-order chi connectivity index (χ1) is 11.8. The van der Waals surface area contributed by atoms with E-state index in [0.29, 0.717) is 6.07 Å². The minimum Gasteiger partial charge on any atom is -0.478 e. The van der Waals surface area contributed by atoms with Gasteiger partial charge in [-0.2, -0.15) is 13.2 Å². The van der Waals surface area contributed by atoms with Crippen LogP contribution in [0.25, 0.3) is 0 Å². The van der Waals surface area contributed by atoms with E-state index in [4.69, 9.17) is 22.1 Å². The van der Waals surface area contributed by atoms with Crippen LogP contribution in [0.4, 0.5) is 18.9 Å². The fourth-order valence-corrected chi connectivity index (χ4v) is 3.40. The number of aromatic carboxylic acids is 1. The van der Waals surface area contributed by atoms with E-state index in [2.05, 4.69) is 0 Å². The monoisotopic (exact) mass is 409 g/mol. The zero-order valence-electron chi connectivity index (χ0n) is 13.0. The number of halogens is 4. The molecule has 26 heavy (non-hydrogen) atoms. The van der Waals surface area contributed by atoms with E-state index in [0.717, 1.165) is 30.5 Å². The number of nitrogens with two attached hydrogens (primary N) is 1. The van der Waals surface area contributed by atoms with Crippen LogP contribution in [-0.2, 0) is 16.0 Å². The molecule has 0 aromatic heterocycles. The summed E-state index contributed by atoms with van der Waals surface area (Å²) in [6, 6.07) is 4.45. The lowest BCUT2D eigenvalue weighted by Gasteiger charge is -2.16. The molecule has 0 unspecified atom stereocenters. The summed E-state index contributed by atoms with van der Waals surface area (Å²) in [5.74, 6) is -2.65. The van der Waals surface area contributed by atoms with Crippen molar-refractivity contribution in [3.05, 3.63) is 46.5 Å². The highest BCUT2D eigenvalue weighted by atomic mass is 35.5. The Kier molecular flexibility index (Phi) is 5.11. The molecule has 0 saturated carbocycles. The molecule has 0 bridgehead atoms. The molecule has 0 amide bonds. The number of nitrogen functional groups attached to an aromatic ring is 1. The summed E-state index contributed by atoms with van der Waals surface area (Å²) in [7, 11) is -3.99. The Labute approximate surface area is 150 Å². The molecule has 3 N–H and O–H groups in total. The molecule has 0 fully saturated rings. The molecule has 0 atom stereocenters. The van der Waals surface area contributed by atoms with Gasteiger partial charge in [0, 0.05) is 17.3 Å². The van der Waals surface area contributed by atoms with Crippen molar-refractivity contribution in [3.8, 4) is 11.5 Å². The number of sulfone groups is 1. The number of benzene rings is 2. The lowest BCUT2D eigenvalue weighted by molar-refractivity contribution is -0.138. The fraction of sp³-hybridized carbons (Fsp3) is 0.133. The van der Waals surface area contributed by atoms with E-state index < -0.39 is 49.4 Å². The standard InChI is InChI=1S/C15H11ClF3NO5S/c1-26(23,24)13-9(14(21)22)5-8(6-11(13)20)25-12-3-2-7(16)4-10(12)15(17,18)19/h2-6H,20H2,1H3,(H,21,22). The first-order valence-corrected chi connectivity index (χ1v) is 8.99. The molecule has 140 valence electrons. The van der Waals surface area contributed by atoms with Gasteiger partial charge < -0.3 is 15.6 Å². The molecule has 0 heterocycles. The second kappa shape index (κ2) is 6.69. The number of hydrogen-bond acceptors (Lipinski definition) is 5. The van der Waals surface area contributed by atoms with Gasteiger partial charge in [-0.25, -0.2) is 13.2 Å². The zero-order chi connectivity index (χ0) is 19.9. The fourth-order valence-electron chi connectivity index (χ4n) is 2.20. The summed E-state index contributed by atoms with van der Waals surface area (Å²) in [6.07, 6.45) is -4.03. The largest absolute Gasteiger partial charge is 0.478 e. The molecular weight excluding hydrogens is 399 g/mol. The van der Waals surface area contributed by atoms with Crippen molar-refractivity contribution in [1.82, 2.24) is 0 Å². The smallest absolute Gasteiger partial charge is 0.420 e. The van der Waals surface area contributed by atoms with E-state index in [1.807, 2.05) is 0 Å². The van der Waals surface area contributed by atoms with Crippen LogP contribution in [-0.4, -0.2) is 25.7 Å². The molecule has 11 heteroatoms. The van der Waals surface area contributed by atoms with Crippen molar-refractivity contribution in [3.63, 3.8) is 0 Å². The van der Waals surface area contributed by atoms with Crippen molar-refractivity contribution >= 4 is 33.1 Å². The lowest BCUT2D eigenvalue weighted by Crippen LogP contribution is -2.12. The average molecular weight is 410 g/mol. The maximum absolute atomic E-state index is 13.1. The predicted molar refractivity (Wildman–Crippen MR) is 87.5 cm³/mol. The molecule has 2 aromatic rings. The van der Waals surface area contributed by atoms with Crippen LogP contribution in [0.3, 0.4) is 0 Å². The third kappa shape index (κ3) is 4.20. The third-order valence-corrected chi connectivity index (χ3v) is 4.60. The van der Waals surface area contributed by atoms with Crippen LogP contribution in [0, 0.1) is 0 Å². The minimum absolute atomic E-state index is 0.178. The highest BCUT2D eigenvalue weighted by Gasteiger charge is 2.35. The van der Waals surface area contributed by atoms with Gasteiger partial charge in [0.05, 0.1) is 16.8 Å². The number of ether oxygens (including phenoxy) is 1. The van der Waals surface area contributed by atoms with Crippen LogP contribution >= 0.6 is 11.6 Å². The predicted octanol–water partition coefficient (Wildman–Crippen LogP) is 3.84. The van der Waals surface area contributed by atoms with Crippen LogP contribution in [0.2, 0.25) is 5.02 Å². The second-order valence-electron chi connectivity index (χ2n) is 5.21. The molecule has 2 rings (SSSR count). The van der Waals surface area contributed by atoms with Gasteiger partial charge >= 0.3 is 12.1 Å². The van der Waals surface area contributed by atoms with Crippen molar-refractivity contribution in [2.45, 2.75) is 11.1 Å². The number of rotatable bonds is 4. The van der Waals surface area contributed by atoms with E-state index in [1.165, 1.54) is 0 Å². The molecule has 6 nitrogen and oxygen atoms in total. The maximum Gasteiger partial charge on any atom is 0.420 e. The normalized spacial score (nSPS) is 12.0. The van der Waals surface area contributed by atoms with Crippen molar-refractivity contribution < 1.29 is 36.2 Å². The highest BCUT2D eigenvalue weighted by molar-refractivity contribution is 7.91. The van der Waals surface area contributed by atoms with Crippen LogP contribution in [0.1, 0.15) is 15.9 Å². The molecule has 0 spiro atoms. The summed E-state index contributed by atoms with van der Waals surface area (Å²) in [6.45, 7) is 0. The molecule has 0 saturated heterocycles. The quantitative estimate of drug-likeness (QED) is 0.743. The van der Waals surface area contributed by atoms with Gasteiger partial charge in [0.25, 0.3) is 0 Å². The Morgan fingerprint density at radius 3 is 2.35 bits per heavy atom. The third-order valence-electron chi connectivity index (χ3n) is 3.17. The van der Waals surface area contributed by atoms with Crippen molar-refractivity contribution in [1.29, 1.82) is 0 Å². The molecule has 0 aliphatic rings. The Hall–Kier alpha value is -2.46. The Balaban J connectivity index is 2.61. The number of carbonyl (C=O) groups is 1. The molecule has 0 radical (unpaired) electrons. The van der Waals surface area contributed by atoms with Gasteiger partial charge in [-0.1, -0.05) is 11.6 Å². The van der Waals surface area contributed by atoms with Gasteiger partial charge in [0.1, 0.15) is 16.4 Å². The number of carboxylic acids is 1. The Morgan fingerprint density at radius 2 is 1.85 bits per heavy atom. The number of hydrogen-bond donors (Lipinski definition) is 2. The van der Waals surface area contributed by atoms with E-state index in [9.17, 15) is 31.5 Å². The summed E-state index contributed by atoms with van der Waals surface area (Å²) < 4.78 is 67.9. The SMILES string of the molecule is CS(=O)(=O)c1c(N)cc(Oc2ccc(Cl)cc2C(F)(F)F)cc1C(=O)O. The van der Waals surface area contributed by atoms with Gasteiger partial charge in [-0.05, 0) is 24.3 Å². The van der Waals surface area contributed by atoms with Gasteiger partial charge in [-0.3, -0.25) is 0 Å². The summed E-state index contributed by atoms with van der Waals surface area (Å²) in [5, 5.41) is 9.01. The summed E-state index contributed by atoms with van der Waals surface area (Å²) >= 11 is 5.57. The second-order valence-corrected chi connectivity index (χ2v) is 7.60. The van der Waals surface area contributed by atoms with Gasteiger partial charge in [0.15, 0.2) is 9.84 Å². The summed E-state index contributed by atoms with van der Waals surface area (Å²) in [4.78, 5) is 10.7. The zero-order valence-corrected chi connectivity index (χ0v) is 14.5. The summed E-state index contributed by atoms with van der Waals surface area (Å²) in [5.41, 5.74) is 3.21. The van der Waals surface area contributed by atoms with Crippen molar-refractivity contribution in [2.24, 2.45) is 0 Å². The Bertz CT molecular complexity index is 990. The minimum atomic E-state index is -4.78. The highest BCUT2D eigenvalue weighted by Crippen LogP contribution is 2.40. The number of anilines is 1. The maximum atomic E-state index is 13.1. The first kappa shape index (κ1) is 19.9. The van der Waals surface area contributed by atoms with E-state index >= 15 is 0 Å².